The van der Waals surface area contributed by atoms with Gasteiger partial charge in [-0.1, -0.05) is 6.07 Å². The zero-order valence-corrected chi connectivity index (χ0v) is 16.7. The van der Waals surface area contributed by atoms with Gasteiger partial charge in [-0.2, -0.15) is 0 Å². The molecule has 162 valence electrons. The van der Waals surface area contributed by atoms with Gasteiger partial charge in [0.2, 0.25) is 5.91 Å². The number of nitrogens with zero attached hydrogens (tertiary/aromatic N) is 2. The quantitative estimate of drug-likeness (QED) is 0.630. The summed E-state index contributed by atoms with van der Waals surface area (Å²) in [6.45, 7) is 1.88. The number of nitrogens with two attached hydrogens (primary N) is 1. The first-order valence-electron chi connectivity index (χ1n) is 9.85. The van der Waals surface area contributed by atoms with Gasteiger partial charge < -0.3 is 25.2 Å². The van der Waals surface area contributed by atoms with Crippen molar-refractivity contribution in [2.75, 3.05) is 46.4 Å². The summed E-state index contributed by atoms with van der Waals surface area (Å²) in [6.07, 6.45) is 0.699. The number of benzene rings is 1. The van der Waals surface area contributed by atoms with Crippen molar-refractivity contribution in [2.24, 2.45) is 11.7 Å². The van der Waals surface area contributed by atoms with E-state index >= 15 is 0 Å². The van der Waals surface area contributed by atoms with Crippen molar-refractivity contribution in [3.63, 3.8) is 0 Å². The third-order valence-electron chi connectivity index (χ3n) is 5.43. The number of carbonyl (C=O) groups excluding carboxylic acids is 1. The highest BCUT2D eigenvalue weighted by molar-refractivity contribution is 5.76. The summed E-state index contributed by atoms with van der Waals surface area (Å²) < 4.78 is 37.1. The number of primary amides is 1. The summed E-state index contributed by atoms with van der Waals surface area (Å²) in [5.41, 5.74) is 6.19. The van der Waals surface area contributed by atoms with Crippen LogP contribution in [0.15, 0.2) is 18.2 Å². The molecule has 2 heterocycles. The molecule has 1 amide bonds. The molecular formula is C20H29F2N3O4. The lowest BCUT2D eigenvalue weighted by Crippen LogP contribution is -2.55. The maximum atomic E-state index is 13.0. The summed E-state index contributed by atoms with van der Waals surface area (Å²) >= 11 is 0. The van der Waals surface area contributed by atoms with E-state index in [0.29, 0.717) is 50.5 Å². The van der Waals surface area contributed by atoms with Crippen LogP contribution in [0.2, 0.25) is 0 Å². The van der Waals surface area contributed by atoms with E-state index in [4.69, 9.17) is 15.2 Å². The van der Waals surface area contributed by atoms with Crippen molar-refractivity contribution < 1.29 is 28.2 Å². The van der Waals surface area contributed by atoms with Crippen molar-refractivity contribution in [3.05, 3.63) is 23.8 Å². The summed E-state index contributed by atoms with van der Waals surface area (Å²) in [5.74, 6) is -1.94. The van der Waals surface area contributed by atoms with Gasteiger partial charge in [-0.05, 0) is 43.6 Å². The second-order valence-corrected chi connectivity index (χ2v) is 7.93. The Kier molecular flexibility index (Phi) is 6.92. The van der Waals surface area contributed by atoms with Crippen LogP contribution in [0.4, 0.5) is 8.78 Å². The monoisotopic (exact) mass is 413 g/mol. The molecule has 7 nitrogen and oxygen atoms in total. The fourth-order valence-electron chi connectivity index (χ4n) is 3.85. The molecule has 3 rings (SSSR count). The molecule has 0 spiro atoms. The van der Waals surface area contributed by atoms with Crippen molar-refractivity contribution in [3.8, 4) is 11.5 Å². The number of β-amino-alcohol motifs (C(OH)–C–C–N with tert-alkyl or cyclic N) is 1. The third kappa shape index (κ3) is 6.01. The van der Waals surface area contributed by atoms with E-state index in [1.54, 1.807) is 17.0 Å². The van der Waals surface area contributed by atoms with Crippen LogP contribution in [0, 0.1) is 5.92 Å². The average molecular weight is 413 g/mol. The number of piperidine rings is 1. The van der Waals surface area contributed by atoms with E-state index in [9.17, 15) is 18.7 Å². The lowest BCUT2D eigenvalue weighted by atomic mass is 9.96. The van der Waals surface area contributed by atoms with Crippen LogP contribution in [0.1, 0.15) is 18.4 Å². The number of methoxy groups -OCH3 is 1. The third-order valence-corrected chi connectivity index (χ3v) is 5.43. The molecule has 0 bridgehead atoms. The Labute approximate surface area is 169 Å². The Balaban J connectivity index is 1.48. The smallest absolute Gasteiger partial charge is 0.272 e. The zero-order chi connectivity index (χ0) is 21.0. The van der Waals surface area contributed by atoms with E-state index < -0.39 is 12.0 Å². The number of aliphatic hydroxyl groups excluding tert-OH is 1. The minimum atomic E-state index is -2.60. The fourth-order valence-corrected chi connectivity index (χ4v) is 3.85. The van der Waals surface area contributed by atoms with Crippen LogP contribution in [-0.2, 0) is 11.3 Å². The number of hydrogen-bond acceptors (Lipinski definition) is 6. The molecule has 0 radical (unpaired) electrons. The van der Waals surface area contributed by atoms with E-state index in [0.717, 1.165) is 5.56 Å². The van der Waals surface area contributed by atoms with Gasteiger partial charge in [-0.15, -0.1) is 0 Å². The largest absolute Gasteiger partial charge is 0.493 e. The lowest BCUT2D eigenvalue weighted by molar-refractivity contribution is -0.133. The van der Waals surface area contributed by atoms with Gasteiger partial charge in [-0.3, -0.25) is 9.69 Å². The standard InChI is InChI=1S/C20H29F2N3O4/c1-28-17-3-2-14(9-25-12-20(21,22)13-25)8-18(17)29-11-16(26)10-24-6-4-15(5-7-24)19(23)27/h2-3,8,15-16,26H,4-7,9-13H2,1H3,(H2,23,27). The van der Waals surface area contributed by atoms with Crippen LogP contribution >= 0.6 is 0 Å². The number of alkyl halides is 2. The molecule has 0 aliphatic carbocycles. The molecular weight excluding hydrogens is 384 g/mol. The molecule has 29 heavy (non-hydrogen) atoms. The van der Waals surface area contributed by atoms with E-state index in [1.807, 2.05) is 6.07 Å². The van der Waals surface area contributed by atoms with E-state index in [-0.39, 0.29) is 31.5 Å². The summed E-state index contributed by atoms with van der Waals surface area (Å²) in [7, 11) is 1.52. The maximum absolute atomic E-state index is 13.0. The predicted molar refractivity (Wildman–Crippen MR) is 103 cm³/mol. The number of hydrogen-bond donors (Lipinski definition) is 2. The van der Waals surface area contributed by atoms with Gasteiger partial charge in [0.25, 0.3) is 5.92 Å². The second-order valence-electron chi connectivity index (χ2n) is 7.93. The Hall–Kier alpha value is -1.97. The van der Waals surface area contributed by atoms with E-state index in [1.165, 1.54) is 7.11 Å². The molecule has 1 aromatic carbocycles. The highest BCUT2D eigenvalue weighted by atomic mass is 19.3. The van der Waals surface area contributed by atoms with Crippen molar-refractivity contribution >= 4 is 5.91 Å². The van der Waals surface area contributed by atoms with Crippen LogP contribution in [0.3, 0.4) is 0 Å². The van der Waals surface area contributed by atoms with Crippen LogP contribution in [0.25, 0.3) is 0 Å². The van der Waals surface area contributed by atoms with Gasteiger partial charge in [-0.25, -0.2) is 8.78 Å². The summed E-state index contributed by atoms with van der Waals surface area (Å²) in [6, 6.07) is 5.32. The number of likely N-dealkylation sites (tertiary alicyclic amines) is 2. The van der Waals surface area contributed by atoms with Gasteiger partial charge in [0.15, 0.2) is 11.5 Å². The molecule has 9 heteroatoms. The van der Waals surface area contributed by atoms with Gasteiger partial charge in [0, 0.05) is 19.0 Å². The highest BCUT2D eigenvalue weighted by Gasteiger charge is 2.43. The molecule has 0 saturated carbocycles. The minimum absolute atomic E-state index is 0.0807. The Morgan fingerprint density at radius 3 is 2.55 bits per heavy atom. The zero-order valence-electron chi connectivity index (χ0n) is 16.7. The molecule has 1 atom stereocenters. The van der Waals surface area contributed by atoms with Gasteiger partial charge in [0.1, 0.15) is 12.7 Å². The minimum Gasteiger partial charge on any atom is -0.493 e. The number of rotatable bonds is 9. The number of ether oxygens (including phenoxy) is 2. The molecule has 2 aliphatic rings. The molecule has 2 saturated heterocycles. The fraction of sp³-hybridized carbons (Fsp3) is 0.650. The lowest BCUT2D eigenvalue weighted by Gasteiger charge is -2.38. The molecule has 3 N–H and O–H groups in total. The van der Waals surface area contributed by atoms with E-state index in [2.05, 4.69) is 4.90 Å². The summed E-state index contributed by atoms with van der Waals surface area (Å²) in [4.78, 5) is 15.0. The van der Waals surface area contributed by atoms with Crippen molar-refractivity contribution in [2.45, 2.75) is 31.4 Å². The Morgan fingerprint density at radius 2 is 1.97 bits per heavy atom. The number of carbonyl (C=O) groups is 1. The first-order valence-corrected chi connectivity index (χ1v) is 9.85. The number of aliphatic hydroxyl groups is 1. The molecule has 1 unspecified atom stereocenters. The molecule has 2 aliphatic heterocycles. The van der Waals surface area contributed by atoms with Crippen LogP contribution in [-0.4, -0.2) is 79.3 Å². The Morgan fingerprint density at radius 1 is 1.28 bits per heavy atom. The van der Waals surface area contributed by atoms with Crippen LogP contribution in [0.5, 0.6) is 11.5 Å². The van der Waals surface area contributed by atoms with Gasteiger partial charge in [0.05, 0.1) is 20.2 Å². The normalized spacial score (nSPS) is 21.4. The molecule has 1 aromatic rings. The Bertz CT molecular complexity index is 703. The van der Waals surface area contributed by atoms with Crippen LogP contribution < -0.4 is 15.2 Å². The second kappa shape index (κ2) is 9.23. The molecule has 2 fully saturated rings. The first kappa shape index (κ1) is 21.7. The topological polar surface area (TPSA) is 88.3 Å². The number of amides is 1. The SMILES string of the molecule is COc1ccc(CN2CC(F)(F)C2)cc1OCC(O)CN1CCC(C(N)=O)CC1. The predicted octanol–water partition coefficient (Wildman–Crippen LogP) is 1.08. The highest BCUT2D eigenvalue weighted by Crippen LogP contribution is 2.32. The first-order chi connectivity index (χ1) is 13.8. The molecule has 0 aromatic heterocycles. The maximum Gasteiger partial charge on any atom is 0.272 e. The van der Waals surface area contributed by atoms with Crippen molar-refractivity contribution in [1.82, 2.24) is 9.80 Å². The summed E-state index contributed by atoms with van der Waals surface area (Å²) in [5, 5.41) is 10.3. The van der Waals surface area contributed by atoms with Gasteiger partial charge >= 0.3 is 0 Å². The van der Waals surface area contributed by atoms with Crippen molar-refractivity contribution in [1.29, 1.82) is 0 Å². The number of halogens is 2. The average Bonchev–Trinajstić information content (AvgIpc) is 2.65.